The van der Waals surface area contributed by atoms with E-state index in [1.54, 1.807) is 0 Å². The lowest BCUT2D eigenvalue weighted by Crippen LogP contribution is -2.42. The lowest BCUT2D eigenvalue weighted by molar-refractivity contribution is -0.145. The third-order valence-electron chi connectivity index (χ3n) is 4.28. The van der Waals surface area contributed by atoms with Crippen LogP contribution in [0.3, 0.4) is 0 Å². The number of hydrogen-bond donors (Lipinski definition) is 3. The van der Waals surface area contributed by atoms with E-state index in [-0.39, 0.29) is 6.61 Å². The molecule has 2 aromatic rings. The van der Waals surface area contributed by atoms with Gasteiger partial charge in [-0.3, -0.25) is 4.79 Å². The normalized spacial score (nSPS) is 12.6. The highest BCUT2D eigenvalue weighted by atomic mass is 16.5. The van der Waals surface area contributed by atoms with Crippen molar-refractivity contribution in [2.45, 2.75) is 25.5 Å². The van der Waals surface area contributed by atoms with Crippen molar-refractivity contribution in [2.24, 2.45) is 0 Å². The van der Waals surface area contributed by atoms with Crippen LogP contribution in [0.5, 0.6) is 0 Å². The Morgan fingerprint density at radius 3 is 2.50 bits per heavy atom. The average molecular weight is 355 g/mol. The molecule has 0 saturated carbocycles. The number of benzene rings is 2. The molecule has 0 spiro atoms. The number of nitrogens with one attached hydrogen (secondary N) is 1. The standard InChI is InChI=1S/C19H17NO6/c21-17(22)9-16(18(23)24)20-19(25)26-10-12-5-3-7-14-13-6-2-1-4-11(13)8-15(12)14/h1-7,16H,8-10H2,(H,20,25)(H,21,22)(H,23,24)/t16-/m0/s1. The fourth-order valence-corrected chi connectivity index (χ4v) is 3.06. The van der Waals surface area contributed by atoms with Gasteiger partial charge in [0.25, 0.3) is 0 Å². The number of carboxylic acids is 2. The Morgan fingerprint density at radius 1 is 1.04 bits per heavy atom. The minimum absolute atomic E-state index is 0.0254. The predicted octanol–water partition coefficient (Wildman–Crippen LogP) is 2.41. The number of carbonyl (C=O) groups excluding carboxylic acids is 1. The van der Waals surface area contributed by atoms with Crippen LogP contribution in [0.2, 0.25) is 0 Å². The van der Waals surface area contributed by atoms with E-state index in [2.05, 4.69) is 11.4 Å². The van der Waals surface area contributed by atoms with Crippen LogP contribution in [-0.2, 0) is 27.4 Å². The minimum Gasteiger partial charge on any atom is -0.481 e. The number of hydrogen-bond acceptors (Lipinski definition) is 4. The maximum absolute atomic E-state index is 11.8. The molecule has 26 heavy (non-hydrogen) atoms. The van der Waals surface area contributed by atoms with E-state index >= 15 is 0 Å². The van der Waals surface area contributed by atoms with Gasteiger partial charge in [0.1, 0.15) is 12.6 Å². The molecule has 0 saturated heterocycles. The molecular weight excluding hydrogens is 338 g/mol. The van der Waals surface area contributed by atoms with Gasteiger partial charge in [0.15, 0.2) is 0 Å². The van der Waals surface area contributed by atoms with Crippen LogP contribution in [0.25, 0.3) is 11.1 Å². The summed E-state index contributed by atoms with van der Waals surface area (Å²) in [5, 5.41) is 19.7. The number of fused-ring (bicyclic) bond motifs is 3. The smallest absolute Gasteiger partial charge is 0.408 e. The van der Waals surface area contributed by atoms with E-state index in [9.17, 15) is 14.4 Å². The summed E-state index contributed by atoms with van der Waals surface area (Å²) < 4.78 is 5.11. The topological polar surface area (TPSA) is 113 Å². The van der Waals surface area contributed by atoms with Crippen molar-refractivity contribution >= 4 is 18.0 Å². The van der Waals surface area contributed by atoms with Crippen molar-refractivity contribution in [1.29, 1.82) is 0 Å². The molecule has 2 aromatic carbocycles. The van der Waals surface area contributed by atoms with Crippen molar-refractivity contribution in [3.8, 4) is 11.1 Å². The van der Waals surface area contributed by atoms with Crippen LogP contribution in [0.15, 0.2) is 42.5 Å². The number of rotatable bonds is 6. The maximum Gasteiger partial charge on any atom is 0.408 e. The van der Waals surface area contributed by atoms with Crippen LogP contribution >= 0.6 is 0 Å². The zero-order valence-corrected chi connectivity index (χ0v) is 13.8. The van der Waals surface area contributed by atoms with Gasteiger partial charge >= 0.3 is 18.0 Å². The molecule has 1 amide bonds. The largest absolute Gasteiger partial charge is 0.481 e. The summed E-state index contributed by atoms with van der Waals surface area (Å²) in [6.07, 6.45) is -0.948. The Morgan fingerprint density at radius 2 is 1.77 bits per heavy atom. The summed E-state index contributed by atoms with van der Waals surface area (Å²) >= 11 is 0. The molecule has 0 aliphatic heterocycles. The zero-order valence-electron chi connectivity index (χ0n) is 13.8. The van der Waals surface area contributed by atoms with Gasteiger partial charge in [0, 0.05) is 0 Å². The van der Waals surface area contributed by atoms with Gasteiger partial charge in [-0.2, -0.15) is 0 Å². The molecule has 1 atom stereocenters. The highest BCUT2D eigenvalue weighted by Gasteiger charge is 2.24. The van der Waals surface area contributed by atoms with Crippen molar-refractivity contribution in [2.75, 3.05) is 0 Å². The lowest BCUT2D eigenvalue weighted by atomic mass is 10.0. The van der Waals surface area contributed by atoms with E-state index in [1.807, 2.05) is 36.4 Å². The molecule has 134 valence electrons. The van der Waals surface area contributed by atoms with Crippen LogP contribution in [-0.4, -0.2) is 34.3 Å². The number of carbonyl (C=O) groups is 3. The molecule has 7 nitrogen and oxygen atoms in total. The monoisotopic (exact) mass is 355 g/mol. The summed E-state index contributed by atoms with van der Waals surface area (Å²) in [7, 11) is 0. The van der Waals surface area contributed by atoms with Gasteiger partial charge < -0.3 is 20.3 Å². The summed E-state index contributed by atoms with van der Waals surface area (Å²) in [6, 6.07) is 12.2. The van der Waals surface area contributed by atoms with E-state index in [0.717, 1.165) is 28.7 Å². The van der Waals surface area contributed by atoms with E-state index in [0.29, 0.717) is 0 Å². The number of aliphatic carboxylic acids is 2. The molecule has 1 aliphatic rings. The van der Waals surface area contributed by atoms with Crippen molar-refractivity contribution < 1.29 is 29.3 Å². The summed E-state index contributed by atoms with van der Waals surface area (Å²) in [4.78, 5) is 33.5. The highest BCUT2D eigenvalue weighted by Crippen LogP contribution is 2.38. The number of amides is 1. The first-order valence-electron chi connectivity index (χ1n) is 8.02. The van der Waals surface area contributed by atoms with Crippen LogP contribution in [0.4, 0.5) is 4.79 Å². The second-order valence-corrected chi connectivity index (χ2v) is 5.99. The van der Waals surface area contributed by atoms with Gasteiger partial charge in [-0.25, -0.2) is 9.59 Å². The Kier molecular flexibility index (Phi) is 4.88. The second kappa shape index (κ2) is 7.26. The third kappa shape index (κ3) is 3.66. The van der Waals surface area contributed by atoms with Gasteiger partial charge in [-0.15, -0.1) is 0 Å². The van der Waals surface area contributed by atoms with Crippen LogP contribution < -0.4 is 5.32 Å². The Bertz CT molecular complexity index is 876. The van der Waals surface area contributed by atoms with E-state index in [4.69, 9.17) is 14.9 Å². The summed E-state index contributed by atoms with van der Waals surface area (Å²) in [5.74, 6) is -2.75. The molecule has 0 heterocycles. The molecular formula is C19H17NO6. The number of carboxylic acid groups (broad SMARTS) is 2. The molecule has 1 aliphatic carbocycles. The van der Waals surface area contributed by atoms with Crippen molar-refractivity contribution in [3.05, 3.63) is 59.2 Å². The third-order valence-corrected chi connectivity index (χ3v) is 4.28. The van der Waals surface area contributed by atoms with Crippen LogP contribution in [0.1, 0.15) is 23.1 Å². The van der Waals surface area contributed by atoms with Gasteiger partial charge in [-0.05, 0) is 34.2 Å². The summed E-state index contributed by atoms with van der Waals surface area (Å²) in [6.45, 7) is -0.0254. The molecule has 3 N–H and O–H groups in total. The zero-order chi connectivity index (χ0) is 18.7. The predicted molar refractivity (Wildman–Crippen MR) is 91.7 cm³/mol. The molecule has 7 heteroatoms. The highest BCUT2D eigenvalue weighted by molar-refractivity contribution is 5.84. The lowest BCUT2D eigenvalue weighted by Gasteiger charge is -2.14. The van der Waals surface area contributed by atoms with Gasteiger partial charge in [0.05, 0.1) is 6.42 Å². The first-order chi connectivity index (χ1) is 12.5. The Hall–Kier alpha value is -3.35. The van der Waals surface area contributed by atoms with Crippen molar-refractivity contribution in [3.63, 3.8) is 0 Å². The average Bonchev–Trinajstić information content (AvgIpc) is 2.98. The van der Waals surface area contributed by atoms with E-state index in [1.165, 1.54) is 5.56 Å². The molecule has 0 unspecified atom stereocenters. The van der Waals surface area contributed by atoms with Gasteiger partial charge in [-0.1, -0.05) is 42.5 Å². The maximum atomic E-state index is 11.8. The van der Waals surface area contributed by atoms with E-state index < -0.39 is 30.5 Å². The molecule has 0 radical (unpaired) electrons. The fourth-order valence-electron chi connectivity index (χ4n) is 3.06. The van der Waals surface area contributed by atoms with Gasteiger partial charge in [0.2, 0.25) is 0 Å². The minimum atomic E-state index is -1.54. The summed E-state index contributed by atoms with van der Waals surface area (Å²) in [5.41, 5.74) is 5.35. The first kappa shape index (κ1) is 17.5. The first-order valence-corrected chi connectivity index (χ1v) is 8.02. The quantitative estimate of drug-likeness (QED) is 0.626. The number of ether oxygens (including phenoxy) is 1. The molecule has 0 bridgehead atoms. The molecule has 0 fully saturated rings. The molecule has 0 aromatic heterocycles. The number of alkyl carbamates (subject to hydrolysis) is 1. The Balaban J connectivity index is 1.67. The van der Waals surface area contributed by atoms with Crippen LogP contribution in [0, 0.1) is 0 Å². The second-order valence-electron chi connectivity index (χ2n) is 5.99. The molecule has 3 rings (SSSR count). The SMILES string of the molecule is O=C(O)C[C@H](NC(=O)OCc1cccc2c1Cc1ccccc1-2)C(=O)O. The fraction of sp³-hybridized carbons (Fsp3) is 0.211. The Labute approximate surface area is 149 Å². The van der Waals surface area contributed by atoms with Crippen molar-refractivity contribution in [1.82, 2.24) is 5.32 Å².